The van der Waals surface area contributed by atoms with Gasteiger partial charge in [0.05, 0.1) is 6.33 Å². The summed E-state index contributed by atoms with van der Waals surface area (Å²) in [7, 11) is 0. The van der Waals surface area contributed by atoms with Crippen molar-refractivity contribution >= 4 is 28.4 Å². The fourth-order valence-corrected chi connectivity index (χ4v) is 1.53. The molecule has 15 heavy (non-hydrogen) atoms. The summed E-state index contributed by atoms with van der Waals surface area (Å²) in [5, 5.41) is 6.38. The Labute approximate surface area is 102 Å². The fourth-order valence-electron chi connectivity index (χ4n) is 1.05. The molecule has 84 valence electrons. The molecule has 1 aromatic rings. The summed E-state index contributed by atoms with van der Waals surface area (Å²) in [5.41, 5.74) is -0.107. The highest BCUT2D eigenvalue weighted by molar-refractivity contribution is 14.1. The number of aromatic amines is 1. The van der Waals surface area contributed by atoms with E-state index in [1.165, 1.54) is 6.33 Å². The maximum Gasteiger partial charge on any atom is 0.266 e. The molecular formula is C9H15IN4O. The van der Waals surface area contributed by atoms with Crippen LogP contribution in [0.3, 0.4) is 0 Å². The maximum atomic E-state index is 11.2. The average Bonchev–Trinajstić information content (AvgIpc) is 2.18. The van der Waals surface area contributed by atoms with Crippen LogP contribution >= 0.6 is 22.6 Å². The molecule has 0 aliphatic rings. The van der Waals surface area contributed by atoms with Crippen molar-refractivity contribution in [2.45, 2.75) is 19.9 Å². The van der Waals surface area contributed by atoms with Crippen LogP contribution in [0.15, 0.2) is 11.1 Å². The largest absolute Gasteiger partial charge is 0.368 e. The first-order chi connectivity index (χ1) is 7.11. The Bertz CT molecular complexity index is 363. The van der Waals surface area contributed by atoms with E-state index in [0.717, 1.165) is 13.1 Å². The molecule has 3 N–H and O–H groups in total. The van der Waals surface area contributed by atoms with Gasteiger partial charge in [0, 0.05) is 19.1 Å². The number of hydrogen-bond acceptors (Lipinski definition) is 4. The summed E-state index contributed by atoms with van der Waals surface area (Å²) in [6.45, 7) is 5.79. The molecule has 0 aromatic carbocycles. The van der Waals surface area contributed by atoms with Gasteiger partial charge in [0.25, 0.3) is 5.56 Å². The number of nitrogens with one attached hydrogen (secondary N) is 3. The normalized spacial score (nSPS) is 10.7. The third-order valence-corrected chi connectivity index (χ3v) is 2.77. The lowest BCUT2D eigenvalue weighted by molar-refractivity contribution is 0.602. The van der Waals surface area contributed by atoms with Gasteiger partial charge < -0.3 is 15.6 Å². The summed E-state index contributed by atoms with van der Waals surface area (Å²) < 4.78 is 0.597. The highest BCUT2D eigenvalue weighted by Crippen LogP contribution is 2.07. The van der Waals surface area contributed by atoms with E-state index in [4.69, 9.17) is 0 Å². The third-order valence-electron chi connectivity index (χ3n) is 1.77. The summed E-state index contributed by atoms with van der Waals surface area (Å²) in [4.78, 5) is 17.8. The molecule has 0 saturated heterocycles. The minimum absolute atomic E-state index is 0.107. The van der Waals surface area contributed by atoms with Gasteiger partial charge in [0.15, 0.2) is 0 Å². The van der Waals surface area contributed by atoms with Gasteiger partial charge in [-0.1, -0.05) is 13.8 Å². The average molecular weight is 322 g/mol. The molecule has 0 spiro atoms. The van der Waals surface area contributed by atoms with E-state index in [2.05, 4.69) is 34.4 Å². The van der Waals surface area contributed by atoms with Gasteiger partial charge in [-0.3, -0.25) is 4.79 Å². The monoisotopic (exact) mass is 322 g/mol. The number of halogens is 1. The summed E-state index contributed by atoms with van der Waals surface area (Å²) in [6, 6.07) is 0.470. The molecule has 0 unspecified atom stereocenters. The Morgan fingerprint density at radius 1 is 1.53 bits per heavy atom. The van der Waals surface area contributed by atoms with Crippen LogP contribution in [0.5, 0.6) is 0 Å². The van der Waals surface area contributed by atoms with Crippen LogP contribution in [0.25, 0.3) is 0 Å². The zero-order valence-electron chi connectivity index (χ0n) is 8.80. The molecule has 1 heterocycles. The predicted octanol–water partition coefficient (Wildman–Crippen LogP) is 0.784. The van der Waals surface area contributed by atoms with Crippen molar-refractivity contribution in [3.63, 3.8) is 0 Å². The van der Waals surface area contributed by atoms with E-state index < -0.39 is 0 Å². The second-order valence-electron chi connectivity index (χ2n) is 3.43. The standard InChI is InChI=1S/C9H15IN4O/c1-6(2)11-3-4-12-8-7(10)9(15)14-5-13-8/h5-6,11H,3-4H2,1-2H3,(H2,12,13,14,15). The molecule has 5 nitrogen and oxygen atoms in total. The third kappa shape index (κ3) is 4.17. The molecule has 0 aliphatic heterocycles. The lowest BCUT2D eigenvalue weighted by atomic mass is 10.4. The van der Waals surface area contributed by atoms with E-state index in [1.807, 2.05) is 22.6 Å². The number of H-pyrrole nitrogens is 1. The molecule has 0 aliphatic carbocycles. The predicted molar refractivity (Wildman–Crippen MR) is 69.2 cm³/mol. The Hall–Kier alpha value is -0.630. The van der Waals surface area contributed by atoms with E-state index in [1.54, 1.807) is 0 Å². The van der Waals surface area contributed by atoms with Crippen molar-refractivity contribution in [2.75, 3.05) is 18.4 Å². The van der Waals surface area contributed by atoms with Gasteiger partial charge in [-0.25, -0.2) is 4.98 Å². The van der Waals surface area contributed by atoms with Crippen molar-refractivity contribution in [3.8, 4) is 0 Å². The van der Waals surface area contributed by atoms with E-state index in [9.17, 15) is 4.79 Å². The van der Waals surface area contributed by atoms with Crippen molar-refractivity contribution in [1.82, 2.24) is 15.3 Å². The summed E-state index contributed by atoms with van der Waals surface area (Å²) in [6.07, 6.45) is 1.41. The van der Waals surface area contributed by atoms with Crippen LogP contribution in [0.4, 0.5) is 5.82 Å². The minimum atomic E-state index is -0.107. The van der Waals surface area contributed by atoms with Gasteiger partial charge in [-0.2, -0.15) is 0 Å². The number of nitrogens with zero attached hydrogens (tertiary/aromatic N) is 1. The Morgan fingerprint density at radius 2 is 2.27 bits per heavy atom. The van der Waals surface area contributed by atoms with Crippen LogP contribution in [0.2, 0.25) is 0 Å². The number of aromatic nitrogens is 2. The van der Waals surface area contributed by atoms with E-state index in [-0.39, 0.29) is 5.56 Å². The highest BCUT2D eigenvalue weighted by Gasteiger charge is 2.03. The van der Waals surface area contributed by atoms with Gasteiger partial charge in [0.2, 0.25) is 0 Å². The Balaban J connectivity index is 2.44. The van der Waals surface area contributed by atoms with Crippen molar-refractivity contribution < 1.29 is 0 Å². The lowest BCUT2D eigenvalue weighted by Gasteiger charge is -2.09. The first kappa shape index (κ1) is 12.4. The lowest BCUT2D eigenvalue weighted by Crippen LogP contribution is -2.29. The highest BCUT2D eigenvalue weighted by atomic mass is 127. The second kappa shape index (κ2) is 6.06. The second-order valence-corrected chi connectivity index (χ2v) is 4.51. The molecule has 0 radical (unpaired) electrons. The molecule has 1 aromatic heterocycles. The molecule has 0 fully saturated rings. The van der Waals surface area contributed by atoms with Crippen LogP contribution < -0.4 is 16.2 Å². The van der Waals surface area contributed by atoms with Gasteiger partial charge in [-0.05, 0) is 22.6 Å². The van der Waals surface area contributed by atoms with E-state index in [0.29, 0.717) is 15.4 Å². The fraction of sp³-hybridized carbons (Fsp3) is 0.556. The Kier molecular flexibility index (Phi) is 5.03. The molecule has 0 saturated carbocycles. The van der Waals surface area contributed by atoms with Gasteiger partial charge in [0.1, 0.15) is 9.39 Å². The summed E-state index contributed by atoms with van der Waals surface area (Å²) in [5.74, 6) is 0.643. The zero-order chi connectivity index (χ0) is 11.3. The molecular weight excluding hydrogens is 307 g/mol. The number of anilines is 1. The van der Waals surface area contributed by atoms with Crippen LogP contribution in [0, 0.1) is 3.57 Å². The smallest absolute Gasteiger partial charge is 0.266 e. The first-order valence-electron chi connectivity index (χ1n) is 4.81. The van der Waals surface area contributed by atoms with Crippen LogP contribution in [0.1, 0.15) is 13.8 Å². The van der Waals surface area contributed by atoms with E-state index >= 15 is 0 Å². The van der Waals surface area contributed by atoms with Crippen molar-refractivity contribution in [3.05, 3.63) is 20.3 Å². The number of hydrogen-bond donors (Lipinski definition) is 3. The Morgan fingerprint density at radius 3 is 2.93 bits per heavy atom. The summed E-state index contributed by atoms with van der Waals surface area (Å²) >= 11 is 1.98. The molecule has 0 bridgehead atoms. The molecule has 0 atom stereocenters. The van der Waals surface area contributed by atoms with Gasteiger partial charge >= 0.3 is 0 Å². The van der Waals surface area contributed by atoms with Gasteiger partial charge in [-0.15, -0.1) is 0 Å². The first-order valence-corrected chi connectivity index (χ1v) is 5.89. The number of rotatable bonds is 5. The van der Waals surface area contributed by atoms with Crippen LogP contribution in [-0.4, -0.2) is 29.1 Å². The van der Waals surface area contributed by atoms with Crippen molar-refractivity contribution in [1.29, 1.82) is 0 Å². The topological polar surface area (TPSA) is 69.8 Å². The quantitative estimate of drug-likeness (QED) is 0.554. The molecule has 1 rings (SSSR count). The maximum absolute atomic E-state index is 11.2. The molecule has 6 heteroatoms. The minimum Gasteiger partial charge on any atom is -0.368 e. The zero-order valence-corrected chi connectivity index (χ0v) is 11.0. The molecule has 0 amide bonds. The van der Waals surface area contributed by atoms with Crippen LogP contribution in [-0.2, 0) is 0 Å². The van der Waals surface area contributed by atoms with Crippen molar-refractivity contribution in [2.24, 2.45) is 0 Å². The SMILES string of the molecule is CC(C)NCCNc1nc[nH]c(=O)c1I.